The summed E-state index contributed by atoms with van der Waals surface area (Å²) in [4.78, 5) is 20.6. The van der Waals surface area contributed by atoms with E-state index >= 15 is 0 Å². The average Bonchev–Trinajstić information content (AvgIpc) is 2.62. The number of hydrogen-bond acceptors (Lipinski definition) is 4. The molecule has 1 aliphatic rings. The molecule has 2 aromatic heterocycles. The third-order valence-electron chi connectivity index (χ3n) is 3.27. The first-order valence-electron chi connectivity index (χ1n) is 5.70. The Morgan fingerprint density at radius 2 is 2.12 bits per heavy atom. The van der Waals surface area contributed by atoms with E-state index in [0.29, 0.717) is 12.2 Å². The molecular formula is C12H14N4O. The van der Waals surface area contributed by atoms with Gasteiger partial charge in [-0.2, -0.15) is 10.1 Å². The predicted molar refractivity (Wildman–Crippen MR) is 62.0 cm³/mol. The lowest BCUT2D eigenvalue weighted by atomic mass is 9.75. The second-order valence-corrected chi connectivity index (χ2v) is 5.43. The smallest absolute Gasteiger partial charge is 0.252 e. The maximum absolute atomic E-state index is 12.2. The molecule has 0 fully saturated rings. The van der Waals surface area contributed by atoms with Crippen LogP contribution in [-0.2, 0) is 6.42 Å². The van der Waals surface area contributed by atoms with Crippen molar-refractivity contribution in [2.45, 2.75) is 33.6 Å². The molecule has 0 saturated carbocycles. The number of carbonyl (C=O) groups excluding carboxylic acids is 1. The lowest BCUT2D eigenvalue weighted by molar-refractivity contribution is 0.0907. The summed E-state index contributed by atoms with van der Waals surface area (Å²) in [5.41, 5.74) is 2.44. The summed E-state index contributed by atoms with van der Waals surface area (Å²) in [6.07, 6.45) is 2.88. The van der Waals surface area contributed by atoms with Gasteiger partial charge in [0.1, 0.15) is 6.33 Å². The number of ketones is 1. The number of hydrogen-bond donors (Lipinski definition) is 0. The molecule has 2 heterocycles. The molecule has 5 nitrogen and oxygen atoms in total. The molecule has 0 spiro atoms. The Labute approximate surface area is 98.9 Å². The summed E-state index contributed by atoms with van der Waals surface area (Å²) in [5, 5.41) is 4.16. The molecule has 17 heavy (non-hydrogen) atoms. The highest BCUT2D eigenvalue weighted by Crippen LogP contribution is 2.35. The summed E-state index contributed by atoms with van der Waals surface area (Å²) >= 11 is 0. The monoisotopic (exact) mass is 230 g/mol. The normalized spacial score (nSPS) is 18.4. The predicted octanol–water partition coefficient (Wildman–Crippen LogP) is 1.59. The van der Waals surface area contributed by atoms with E-state index < -0.39 is 0 Å². The topological polar surface area (TPSA) is 60.1 Å². The van der Waals surface area contributed by atoms with Crippen molar-refractivity contribution in [3.63, 3.8) is 0 Å². The Morgan fingerprint density at radius 3 is 2.88 bits per heavy atom. The minimum Gasteiger partial charge on any atom is -0.294 e. The van der Waals surface area contributed by atoms with Crippen molar-refractivity contribution in [3.8, 4) is 0 Å². The second-order valence-electron chi connectivity index (χ2n) is 5.43. The second kappa shape index (κ2) is 3.12. The number of nitrogens with zero attached hydrogens (tertiary/aromatic N) is 4. The van der Waals surface area contributed by atoms with Crippen molar-refractivity contribution in [2.24, 2.45) is 5.41 Å². The Hall–Kier alpha value is -1.78. The number of carbonyl (C=O) groups is 1. The Kier molecular flexibility index (Phi) is 1.91. The van der Waals surface area contributed by atoms with Gasteiger partial charge in [-0.3, -0.25) is 4.79 Å². The van der Waals surface area contributed by atoms with E-state index in [4.69, 9.17) is 0 Å². The summed E-state index contributed by atoms with van der Waals surface area (Å²) < 4.78 is 1.70. The molecule has 0 saturated heterocycles. The molecule has 0 aliphatic heterocycles. The highest BCUT2D eigenvalue weighted by atomic mass is 16.1. The quantitative estimate of drug-likeness (QED) is 0.689. The zero-order chi connectivity index (χ0) is 12.2. The van der Waals surface area contributed by atoms with Crippen LogP contribution in [0.25, 0.3) is 5.78 Å². The number of aryl methyl sites for hydroxylation is 1. The van der Waals surface area contributed by atoms with Crippen molar-refractivity contribution < 1.29 is 4.79 Å². The van der Waals surface area contributed by atoms with Crippen LogP contribution in [0.4, 0.5) is 0 Å². The molecule has 0 unspecified atom stereocenters. The molecule has 0 atom stereocenters. The average molecular weight is 230 g/mol. The van der Waals surface area contributed by atoms with Gasteiger partial charge < -0.3 is 0 Å². The van der Waals surface area contributed by atoms with Crippen LogP contribution in [0.3, 0.4) is 0 Å². The van der Waals surface area contributed by atoms with Gasteiger partial charge in [0, 0.05) is 6.42 Å². The van der Waals surface area contributed by atoms with E-state index in [0.717, 1.165) is 23.4 Å². The molecular weight excluding hydrogens is 216 g/mol. The van der Waals surface area contributed by atoms with Gasteiger partial charge in [-0.05, 0) is 18.8 Å². The van der Waals surface area contributed by atoms with E-state index in [1.807, 2.05) is 6.92 Å². The molecule has 1 aliphatic carbocycles. The van der Waals surface area contributed by atoms with Gasteiger partial charge in [-0.25, -0.2) is 9.50 Å². The van der Waals surface area contributed by atoms with Gasteiger partial charge in [-0.15, -0.1) is 0 Å². The number of fused-ring (bicyclic) bond motifs is 3. The van der Waals surface area contributed by atoms with Gasteiger partial charge in [0.25, 0.3) is 5.78 Å². The van der Waals surface area contributed by atoms with Crippen LogP contribution in [0, 0.1) is 12.3 Å². The number of aromatic nitrogens is 4. The summed E-state index contributed by atoms with van der Waals surface area (Å²) in [7, 11) is 0. The van der Waals surface area contributed by atoms with Crippen molar-refractivity contribution >= 4 is 11.6 Å². The van der Waals surface area contributed by atoms with Gasteiger partial charge in [-0.1, -0.05) is 13.8 Å². The third kappa shape index (κ3) is 1.45. The molecule has 3 rings (SSSR count). The van der Waals surface area contributed by atoms with Crippen molar-refractivity contribution in [2.75, 3.05) is 0 Å². The van der Waals surface area contributed by atoms with Crippen LogP contribution in [0.5, 0.6) is 0 Å². The highest BCUT2D eigenvalue weighted by molar-refractivity contribution is 5.99. The minimum absolute atomic E-state index is 0.0171. The van der Waals surface area contributed by atoms with E-state index in [1.165, 1.54) is 6.33 Å². The third-order valence-corrected chi connectivity index (χ3v) is 3.27. The fourth-order valence-electron chi connectivity index (χ4n) is 2.59. The molecule has 0 radical (unpaired) electrons. The zero-order valence-electron chi connectivity index (χ0n) is 10.2. The number of rotatable bonds is 0. The van der Waals surface area contributed by atoms with Crippen LogP contribution in [-0.4, -0.2) is 25.4 Å². The van der Waals surface area contributed by atoms with Crippen molar-refractivity contribution in [3.05, 3.63) is 23.3 Å². The molecule has 5 heteroatoms. The molecule has 0 bridgehead atoms. The van der Waals surface area contributed by atoms with Crippen molar-refractivity contribution in [1.29, 1.82) is 0 Å². The lowest BCUT2D eigenvalue weighted by Crippen LogP contribution is -2.30. The Balaban J connectivity index is 2.37. The lowest BCUT2D eigenvalue weighted by Gasteiger charge is -2.30. The number of Topliss-reactive ketones (excluding diaryl/α,β-unsaturated/α-hetero) is 1. The van der Waals surface area contributed by atoms with Gasteiger partial charge in [0.05, 0.1) is 17.0 Å². The van der Waals surface area contributed by atoms with E-state index in [-0.39, 0.29) is 11.2 Å². The standard InChI is InChI=1S/C12H14N4O/c1-7-10-8(4-12(2,3)5-9(10)17)16-11(15-7)13-6-14-16/h6H,4-5H2,1-3H3. The maximum atomic E-state index is 12.2. The first-order valence-corrected chi connectivity index (χ1v) is 5.70. The SMILES string of the molecule is Cc1nc2ncnn2c2c1C(=O)CC(C)(C)C2. The summed E-state index contributed by atoms with van der Waals surface area (Å²) in [6, 6.07) is 0. The molecule has 0 N–H and O–H groups in total. The fraction of sp³-hybridized carbons (Fsp3) is 0.500. The van der Waals surface area contributed by atoms with Gasteiger partial charge in [0.15, 0.2) is 5.78 Å². The Morgan fingerprint density at radius 1 is 1.35 bits per heavy atom. The van der Waals surface area contributed by atoms with Crippen LogP contribution >= 0.6 is 0 Å². The first kappa shape index (κ1) is 10.4. The molecule has 0 aromatic carbocycles. The van der Waals surface area contributed by atoms with E-state index in [9.17, 15) is 4.79 Å². The molecule has 2 aromatic rings. The molecule has 0 amide bonds. The van der Waals surface area contributed by atoms with Crippen LogP contribution in [0.2, 0.25) is 0 Å². The highest BCUT2D eigenvalue weighted by Gasteiger charge is 2.34. The van der Waals surface area contributed by atoms with E-state index in [2.05, 4.69) is 28.9 Å². The fourth-order valence-corrected chi connectivity index (χ4v) is 2.59. The van der Waals surface area contributed by atoms with Crippen LogP contribution in [0.1, 0.15) is 42.0 Å². The molecule has 88 valence electrons. The van der Waals surface area contributed by atoms with Gasteiger partial charge >= 0.3 is 0 Å². The largest absolute Gasteiger partial charge is 0.294 e. The van der Waals surface area contributed by atoms with E-state index in [1.54, 1.807) is 4.52 Å². The van der Waals surface area contributed by atoms with Crippen molar-refractivity contribution in [1.82, 2.24) is 19.6 Å². The maximum Gasteiger partial charge on any atom is 0.252 e. The van der Waals surface area contributed by atoms with Crippen LogP contribution < -0.4 is 0 Å². The van der Waals surface area contributed by atoms with Gasteiger partial charge in [0.2, 0.25) is 0 Å². The summed E-state index contributed by atoms with van der Waals surface area (Å²) in [5.74, 6) is 0.741. The minimum atomic E-state index is -0.0171. The van der Waals surface area contributed by atoms with Crippen LogP contribution in [0.15, 0.2) is 6.33 Å². The summed E-state index contributed by atoms with van der Waals surface area (Å²) in [6.45, 7) is 6.07. The Bertz CT molecular complexity index is 627. The zero-order valence-corrected chi connectivity index (χ0v) is 10.2. The first-order chi connectivity index (χ1) is 7.98.